The fourth-order valence-electron chi connectivity index (χ4n) is 6.03. The zero-order valence-electron chi connectivity index (χ0n) is 23.4. The number of nitrogens with zero attached hydrogens (tertiary/aromatic N) is 3. The van der Waals surface area contributed by atoms with E-state index in [1.165, 1.54) is 69.5 Å². The summed E-state index contributed by atoms with van der Waals surface area (Å²) < 4.78 is 0. The molecule has 0 amide bonds. The quantitative estimate of drug-likeness (QED) is 0.425. The van der Waals surface area contributed by atoms with Gasteiger partial charge < -0.3 is 20.0 Å². The predicted molar refractivity (Wildman–Crippen MR) is 158 cm³/mol. The number of carboxylic acids is 2. The Bertz CT molecular complexity index is 1130. The van der Waals surface area contributed by atoms with E-state index < -0.39 is 11.9 Å². The van der Waals surface area contributed by atoms with Crippen molar-refractivity contribution in [3.63, 3.8) is 0 Å². The van der Waals surface area contributed by atoms with E-state index in [0.29, 0.717) is 30.2 Å². The van der Waals surface area contributed by atoms with Crippen molar-refractivity contribution in [3.05, 3.63) is 89.5 Å². The Morgan fingerprint density at radius 1 is 0.900 bits per heavy atom. The van der Waals surface area contributed by atoms with Crippen LogP contribution < -0.4 is 5.43 Å². The molecule has 40 heavy (non-hydrogen) atoms. The van der Waals surface area contributed by atoms with Crippen LogP contribution in [0, 0.1) is 5.92 Å². The van der Waals surface area contributed by atoms with Gasteiger partial charge in [-0.1, -0.05) is 72.3 Å². The highest BCUT2D eigenvalue weighted by Crippen LogP contribution is 2.45. The third kappa shape index (κ3) is 8.60. The van der Waals surface area contributed by atoms with Gasteiger partial charge >= 0.3 is 11.9 Å². The van der Waals surface area contributed by atoms with Crippen LogP contribution in [0.5, 0.6) is 0 Å². The van der Waals surface area contributed by atoms with E-state index in [-0.39, 0.29) is 0 Å². The van der Waals surface area contributed by atoms with Crippen LogP contribution in [0.3, 0.4) is 0 Å². The van der Waals surface area contributed by atoms with Crippen molar-refractivity contribution < 1.29 is 19.8 Å². The highest BCUT2D eigenvalue weighted by Gasteiger charge is 2.44. The molecule has 3 atom stereocenters. The lowest BCUT2D eigenvalue weighted by atomic mass is 9.76. The van der Waals surface area contributed by atoms with Gasteiger partial charge in [0.05, 0.1) is 6.04 Å². The molecule has 2 aromatic carbocycles. The van der Waals surface area contributed by atoms with E-state index in [0.717, 1.165) is 6.54 Å². The van der Waals surface area contributed by atoms with Crippen LogP contribution >= 0.6 is 0 Å². The van der Waals surface area contributed by atoms with Gasteiger partial charge in [-0.25, -0.2) is 20.0 Å². The molecular weight excluding hydrogens is 504 g/mol. The molecule has 8 heteroatoms. The normalized spacial score (nSPS) is 24.9. The summed E-state index contributed by atoms with van der Waals surface area (Å²) in [5.74, 6) is -1.87. The van der Waals surface area contributed by atoms with Gasteiger partial charge in [-0.2, -0.15) is 0 Å². The van der Waals surface area contributed by atoms with Crippen LogP contribution in [0.4, 0.5) is 0 Å². The van der Waals surface area contributed by atoms with E-state index >= 15 is 0 Å². The molecule has 3 fully saturated rings. The highest BCUT2D eigenvalue weighted by atomic mass is 16.4. The molecule has 0 aromatic heterocycles. The van der Waals surface area contributed by atoms with Crippen molar-refractivity contribution in [2.75, 3.05) is 46.3 Å². The Balaban J connectivity index is 0.000000406. The number of nitrogens with one attached hydrogen (secondary N) is 1. The maximum atomic E-state index is 9.55. The number of rotatable bonds is 8. The van der Waals surface area contributed by atoms with Gasteiger partial charge in [0.1, 0.15) is 0 Å². The van der Waals surface area contributed by atoms with E-state index in [2.05, 4.69) is 94.0 Å². The molecule has 2 heterocycles. The Kier molecular flexibility index (Phi) is 11.1. The molecule has 214 valence electrons. The molecule has 1 aliphatic carbocycles. The predicted octanol–water partition coefficient (Wildman–Crippen LogP) is 4.15. The second-order valence-corrected chi connectivity index (χ2v) is 10.8. The number of carbonyl (C=O) groups is 2. The van der Waals surface area contributed by atoms with Crippen LogP contribution in [0.1, 0.15) is 42.9 Å². The molecule has 1 saturated carbocycles. The number of hydrazine groups is 1. The number of likely N-dealkylation sites (N-methyl/N-ethyl adjacent to an activating group) is 1. The largest absolute Gasteiger partial charge is 0.478 e. The minimum atomic E-state index is -1.26. The molecule has 8 nitrogen and oxygen atoms in total. The number of piperazine rings is 1. The standard InChI is InChI=1S/C28H38N4.C4H4O4/c1-30-18-20-31(21-19-30)16-9-17-32-28(24-12-6-3-7-13-24)26-15-8-14-25(27(26)29-32)22-23-10-4-2-5-11-23;5-3(6)1-2-4(7)8/h2-7,10-13,22,26-29H,8-9,14-21H2,1H3;1-2H,(H,5,6)(H,7,8). The minimum Gasteiger partial charge on any atom is -0.478 e. The van der Waals surface area contributed by atoms with E-state index in [1.807, 2.05) is 0 Å². The Morgan fingerprint density at radius 3 is 2.15 bits per heavy atom. The topological polar surface area (TPSA) is 96.4 Å². The maximum Gasteiger partial charge on any atom is 0.328 e. The SMILES string of the molecule is CN1CCN(CCCN2NC3C(=Cc4ccccc4)CCCC3C2c2ccccc2)CC1.O=C(O)C=CC(=O)O. The molecule has 3 unspecified atom stereocenters. The highest BCUT2D eigenvalue weighted by molar-refractivity contribution is 5.89. The van der Waals surface area contributed by atoms with Crippen molar-refractivity contribution in [1.82, 2.24) is 20.2 Å². The molecule has 5 rings (SSSR count). The summed E-state index contributed by atoms with van der Waals surface area (Å²) in [5.41, 5.74) is 8.37. The number of hydrogen-bond acceptors (Lipinski definition) is 6. The summed E-state index contributed by atoms with van der Waals surface area (Å²) in [6, 6.07) is 23.0. The summed E-state index contributed by atoms with van der Waals surface area (Å²) in [6.45, 7) is 7.13. The van der Waals surface area contributed by atoms with E-state index in [4.69, 9.17) is 10.2 Å². The van der Waals surface area contributed by atoms with Crippen molar-refractivity contribution in [2.24, 2.45) is 5.92 Å². The van der Waals surface area contributed by atoms with Crippen molar-refractivity contribution >= 4 is 18.0 Å². The fraction of sp³-hybridized carbons (Fsp3) is 0.438. The summed E-state index contributed by atoms with van der Waals surface area (Å²) in [6.07, 6.45) is 8.58. The molecule has 0 radical (unpaired) electrons. The van der Waals surface area contributed by atoms with Crippen molar-refractivity contribution in [1.29, 1.82) is 0 Å². The number of aliphatic carboxylic acids is 2. The van der Waals surface area contributed by atoms with Gasteiger partial charge in [0.2, 0.25) is 0 Å². The summed E-state index contributed by atoms with van der Waals surface area (Å²) in [4.78, 5) is 24.2. The van der Waals surface area contributed by atoms with Crippen LogP contribution in [0.15, 0.2) is 78.4 Å². The lowest BCUT2D eigenvalue weighted by molar-refractivity contribution is -0.134. The van der Waals surface area contributed by atoms with Gasteiger partial charge in [-0.15, -0.1) is 0 Å². The third-order valence-electron chi connectivity index (χ3n) is 8.01. The molecule has 2 saturated heterocycles. The first-order chi connectivity index (χ1) is 19.4. The number of benzene rings is 2. The van der Waals surface area contributed by atoms with Crippen molar-refractivity contribution in [3.8, 4) is 0 Å². The Morgan fingerprint density at radius 2 is 1.52 bits per heavy atom. The third-order valence-corrected chi connectivity index (χ3v) is 8.01. The first-order valence-electron chi connectivity index (χ1n) is 14.3. The van der Waals surface area contributed by atoms with Crippen LogP contribution in [-0.2, 0) is 9.59 Å². The molecule has 0 spiro atoms. The molecule has 3 N–H and O–H groups in total. The second-order valence-electron chi connectivity index (χ2n) is 10.8. The van der Waals surface area contributed by atoms with Gasteiger partial charge in [-0.3, -0.25) is 0 Å². The molecule has 2 aliphatic heterocycles. The summed E-state index contributed by atoms with van der Waals surface area (Å²) in [7, 11) is 2.23. The van der Waals surface area contributed by atoms with E-state index in [1.54, 1.807) is 5.57 Å². The molecule has 2 aromatic rings. The molecule has 3 aliphatic rings. The number of hydrogen-bond donors (Lipinski definition) is 3. The number of fused-ring (bicyclic) bond motifs is 1. The smallest absolute Gasteiger partial charge is 0.328 e. The lowest BCUT2D eigenvalue weighted by Gasteiger charge is -2.33. The van der Waals surface area contributed by atoms with Crippen molar-refractivity contribution in [2.45, 2.75) is 37.8 Å². The molecular formula is C32H42N4O4. The zero-order chi connectivity index (χ0) is 28.3. The first kappa shape index (κ1) is 29.7. The minimum absolute atomic E-state index is 0.456. The molecule has 0 bridgehead atoms. The average molecular weight is 547 g/mol. The van der Waals surface area contributed by atoms with Crippen LogP contribution in [0.25, 0.3) is 6.08 Å². The Hall–Kier alpha value is -3.30. The van der Waals surface area contributed by atoms with Gasteiger partial charge in [0.15, 0.2) is 0 Å². The second kappa shape index (κ2) is 14.9. The Labute approximate surface area is 237 Å². The number of carboxylic acid groups (broad SMARTS) is 2. The van der Waals surface area contributed by atoms with E-state index in [9.17, 15) is 9.59 Å². The van der Waals surface area contributed by atoms with Gasteiger partial charge in [0, 0.05) is 56.8 Å². The average Bonchev–Trinajstić information content (AvgIpc) is 3.34. The summed E-state index contributed by atoms with van der Waals surface area (Å²) >= 11 is 0. The fourth-order valence-corrected chi connectivity index (χ4v) is 6.03. The summed E-state index contributed by atoms with van der Waals surface area (Å²) in [5, 5.41) is 18.2. The van der Waals surface area contributed by atoms with Crippen LogP contribution in [-0.4, -0.2) is 89.3 Å². The lowest BCUT2D eigenvalue weighted by Crippen LogP contribution is -2.45. The zero-order valence-corrected chi connectivity index (χ0v) is 23.4. The van der Waals surface area contributed by atoms with Gasteiger partial charge in [-0.05, 0) is 50.4 Å². The maximum absolute atomic E-state index is 9.55. The van der Waals surface area contributed by atoms with Crippen LogP contribution in [0.2, 0.25) is 0 Å². The monoisotopic (exact) mass is 546 g/mol. The first-order valence-corrected chi connectivity index (χ1v) is 14.3. The van der Waals surface area contributed by atoms with Gasteiger partial charge in [0.25, 0.3) is 0 Å².